The summed E-state index contributed by atoms with van der Waals surface area (Å²) < 4.78 is 12.9. The lowest BCUT2D eigenvalue weighted by Gasteiger charge is -2.18. The molecule has 232 valence electrons. The van der Waals surface area contributed by atoms with Crippen LogP contribution in [0.5, 0.6) is 5.75 Å². The fourth-order valence-electron chi connectivity index (χ4n) is 5.48. The molecule has 0 fully saturated rings. The fraction of sp³-hybridized carbons (Fsp3) is 0.343. The van der Waals surface area contributed by atoms with Gasteiger partial charge in [0.2, 0.25) is 0 Å². The van der Waals surface area contributed by atoms with Crippen LogP contribution in [0, 0.1) is 13.8 Å². The summed E-state index contributed by atoms with van der Waals surface area (Å²) >= 11 is 1.32. The molecule has 4 rings (SSSR count). The molecule has 0 radical (unpaired) electrons. The molecule has 44 heavy (non-hydrogen) atoms. The van der Waals surface area contributed by atoms with Gasteiger partial charge in [0, 0.05) is 41.0 Å². The second-order valence-corrected chi connectivity index (χ2v) is 12.1. The third-order valence-corrected chi connectivity index (χ3v) is 8.88. The second kappa shape index (κ2) is 13.9. The molecule has 2 aromatic heterocycles. The normalized spacial score (nSPS) is 11.1. The highest BCUT2D eigenvalue weighted by atomic mass is 32.1. The van der Waals surface area contributed by atoms with Gasteiger partial charge in [0.25, 0.3) is 11.8 Å². The zero-order valence-corrected chi connectivity index (χ0v) is 27.4. The van der Waals surface area contributed by atoms with E-state index in [0.717, 1.165) is 26.9 Å². The molecule has 4 aromatic rings. The summed E-state index contributed by atoms with van der Waals surface area (Å²) in [4.78, 5) is 42.0. The van der Waals surface area contributed by atoms with Crippen molar-refractivity contribution in [3.05, 3.63) is 82.4 Å². The van der Waals surface area contributed by atoms with Crippen LogP contribution in [0.15, 0.2) is 55.1 Å². The van der Waals surface area contributed by atoms with Crippen LogP contribution in [0.2, 0.25) is 0 Å². The number of rotatable bonds is 12. The van der Waals surface area contributed by atoms with Crippen LogP contribution >= 0.6 is 11.3 Å². The maximum absolute atomic E-state index is 13.9. The maximum Gasteiger partial charge on any atom is 0.341 e. The second-order valence-electron chi connectivity index (χ2n) is 10.9. The Labute approximate surface area is 263 Å². The van der Waals surface area contributed by atoms with Gasteiger partial charge in [-0.1, -0.05) is 38.1 Å². The van der Waals surface area contributed by atoms with Crippen LogP contribution in [0.3, 0.4) is 0 Å². The van der Waals surface area contributed by atoms with E-state index >= 15 is 0 Å². The van der Waals surface area contributed by atoms with Crippen LogP contribution in [-0.2, 0) is 16.1 Å². The van der Waals surface area contributed by atoms with Crippen LogP contribution in [0.1, 0.15) is 70.5 Å². The summed E-state index contributed by atoms with van der Waals surface area (Å²) in [6, 6.07) is 13.5. The molecule has 2 heterocycles. The van der Waals surface area contributed by atoms with Gasteiger partial charge < -0.3 is 24.3 Å². The van der Waals surface area contributed by atoms with Crippen molar-refractivity contribution in [2.75, 3.05) is 32.1 Å². The van der Waals surface area contributed by atoms with Crippen molar-refractivity contribution in [3.8, 4) is 16.9 Å². The van der Waals surface area contributed by atoms with E-state index in [0.29, 0.717) is 53.1 Å². The van der Waals surface area contributed by atoms with Crippen molar-refractivity contribution in [2.24, 2.45) is 0 Å². The molecule has 9 heteroatoms. The molecule has 0 aliphatic carbocycles. The van der Waals surface area contributed by atoms with Crippen molar-refractivity contribution in [3.63, 3.8) is 0 Å². The number of hydrogen-bond donors (Lipinski definition) is 1. The average molecular weight is 616 g/mol. The summed E-state index contributed by atoms with van der Waals surface area (Å²) in [6.45, 7) is 17.6. The Balaban J connectivity index is 1.68. The number of carbonyl (C=O) groups excluding carboxylic acids is 3. The van der Waals surface area contributed by atoms with Gasteiger partial charge in [-0.25, -0.2) is 4.79 Å². The van der Waals surface area contributed by atoms with E-state index in [1.54, 1.807) is 23.1 Å². The van der Waals surface area contributed by atoms with Crippen LogP contribution < -0.4 is 10.1 Å². The van der Waals surface area contributed by atoms with Gasteiger partial charge in [-0.05, 0) is 74.6 Å². The molecule has 0 atom stereocenters. The fourth-order valence-corrected chi connectivity index (χ4v) is 6.54. The van der Waals surface area contributed by atoms with Gasteiger partial charge in [0.05, 0.1) is 7.11 Å². The minimum absolute atomic E-state index is 0.0527. The van der Waals surface area contributed by atoms with Crippen molar-refractivity contribution in [1.82, 2.24) is 9.47 Å². The van der Waals surface area contributed by atoms with Crippen LogP contribution in [0.4, 0.5) is 5.00 Å². The number of likely N-dealkylation sites (N-methyl/N-ethyl adjacent to an activating group) is 1. The number of anilines is 1. The number of fused-ring (bicyclic) bond motifs is 1. The van der Waals surface area contributed by atoms with Gasteiger partial charge in [-0.15, -0.1) is 17.9 Å². The van der Waals surface area contributed by atoms with E-state index in [4.69, 9.17) is 9.47 Å². The minimum Gasteiger partial charge on any atom is -0.484 e. The van der Waals surface area contributed by atoms with E-state index in [2.05, 4.69) is 43.9 Å². The number of carbonyl (C=O) groups is 3. The lowest BCUT2D eigenvalue weighted by atomic mass is 10.0. The summed E-state index contributed by atoms with van der Waals surface area (Å²) in [6.07, 6.45) is 1.77. The number of allylic oxidation sites excluding steroid dienone is 1. The molecule has 2 aromatic carbocycles. The molecule has 0 saturated heterocycles. The molecule has 0 aliphatic rings. The Morgan fingerprint density at radius 1 is 1.07 bits per heavy atom. The van der Waals surface area contributed by atoms with E-state index < -0.39 is 5.97 Å². The number of ether oxygens (including phenoxy) is 2. The average Bonchev–Trinajstić information content (AvgIpc) is 3.48. The molecule has 0 spiro atoms. The number of benzene rings is 2. The molecule has 0 aliphatic heterocycles. The molecular formula is C35H41N3O5S. The molecule has 2 amide bonds. The topological polar surface area (TPSA) is 89.9 Å². The van der Waals surface area contributed by atoms with Crippen LogP contribution in [0.25, 0.3) is 22.0 Å². The van der Waals surface area contributed by atoms with Gasteiger partial charge in [-0.2, -0.15) is 0 Å². The quantitative estimate of drug-likeness (QED) is 0.131. The highest BCUT2D eigenvalue weighted by Crippen LogP contribution is 2.41. The minimum atomic E-state index is -0.547. The van der Waals surface area contributed by atoms with Gasteiger partial charge in [-0.3, -0.25) is 9.59 Å². The first-order valence-corrected chi connectivity index (χ1v) is 15.6. The summed E-state index contributed by atoms with van der Waals surface area (Å²) in [7, 11) is 1.33. The highest BCUT2D eigenvalue weighted by molar-refractivity contribution is 7.17. The standard InChI is InChI=1S/C35H41N3O5S/c1-9-18-38-28-17-14-25(21(4)5)19-27(28)22(6)32(38)33(40)36-34-31(35(41)42-8)30(23(7)44-34)24-12-15-26(16-13-24)43-20-29(39)37(10-2)11-3/h9,12-17,19,21H,1,10-11,18,20H2,2-8H3,(H,36,40). The molecule has 1 N–H and O–H groups in total. The molecule has 0 bridgehead atoms. The number of thiophene rings is 1. The largest absolute Gasteiger partial charge is 0.484 e. The van der Waals surface area contributed by atoms with Crippen molar-refractivity contribution in [1.29, 1.82) is 0 Å². The molecule has 0 saturated carbocycles. The maximum atomic E-state index is 13.9. The molecule has 0 unspecified atom stereocenters. The Kier molecular flexibility index (Phi) is 10.3. The number of aromatic nitrogens is 1. The lowest BCUT2D eigenvalue weighted by molar-refractivity contribution is -0.132. The predicted octanol–water partition coefficient (Wildman–Crippen LogP) is 7.58. The third-order valence-electron chi connectivity index (χ3n) is 7.86. The van der Waals surface area contributed by atoms with Crippen LogP contribution in [-0.4, -0.2) is 54.1 Å². The number of aryl methyl sites for hydroxylation is 2. The number of esters is 1. The Morgan fingerprint density at radius 2 is 1.75 bits per heavy atom. The van der Waals surface area contributed by atoms with Gasteiger partial charge in [0.1, 0.15) is 22.0 Å². The third kappa shape index (κ3) is 6.43. The number of nitrogens with one attached hydrogen (secondary N) is 1. The zero-order chi connectivity index (χ0) is 32.1. The Morgan fingerprint density at radius 3 is 2.34 bits per heavy atom. The number of amides is 2. The van der Waals surface area contributed by atoms with E-state index in [9.17, 15) is 14.4 Å². The highest BCUT2D eigenvalue weighted by Gasteiger charge is 2.28. The van der Waals surface area contributed by atoms with Crippen molar-refractivity contribution < 1.29 is 23.9 Å². The lowest BCUT2D eigenvalue weighted by Crippen LogP contribution is -2.34. The molecular weight excluding hydrogens is 574 g/mol. The summed E-state index contributed by atoms with van der Waals surface area (Å²) in [5.41, 5.74) is 5.26. The first-order chi connectivity index (χ1) is 21.1. The monoisotopic (exact) mass is 615 g/mol. The SMILES string of the molecule is C=CCn1c(C(=O)Nc2sc(C)c(-c3ccc(OCC(=O)N(CC)CC)cc3)c2C(=O)OC)c(C)c2cc(C(C)C)ccc21. The number of nitrogens with zero attached hydrogens (tertiary/aromatic N) is 2. The van der Waals surface area contributed by atoms with Gasteiger partial charge >= 0.3 is 5.97 Å². The van der Waals surface area contributed by atoms with Gasteiger partial charge in [0.15, 0.2) is 6.61 Å². The smallest absolute Gasteiger partial charge is 0.341 e. The Bertz CT molecular complexity index is 1690. The summed E-state index contributed by atoms with van der Waals surface area (Å²) in [5.74, 6) is -0.0456. The van der Waals surface area contributed by atoms with Crippen molar-refractivity contribution >= 4 is 45.0 Å². The Hall–Kier alpha value is -4.37. The first-order valence-electron chi connectivity index (χ1n) is 14.8. The predicted molar refractivity (Wildman–Crippen MR) is 178 cm³/mol. The number of methoxy groups -OCH3 is 1. The number of hydrogen-bond acceptors (Lipinski definition) is 6. The van der Waals surface area contributed by atoms with Crippen molar-refractivity contribution in [2.45, 2.75) is 54.0 Å². The first kappa shape index (κ1) is 32.5. The molecule has 8 nitrogen and oxygen atoms in total. The zero-order valence-electron chi connectivity index (χ0n) is 26.6. The van der Waals surface area contributed by atoms with E-state index in [-0.39, 0.29) is 18.4 Å². The van der Waals surface area contributed by atoms with E-state index in [1.807, 2.05) is 44.4 Å². The summed E-state index contributed by atoms with van der Waals surface area (Å²) in [5, 5.41) is 4.46. The van der Waals surface area contributed by atoms with E-state index in [1.165, 1.54) is 24.0 Å².